The van der Waals surface area contributed by atoms with Crippen LogP contribution in [0.1, 0.15) is 31.7 Å². The molecule has 5 heteroatoms. The van der Waals surface area contributed by atoms with E-state index in [9.17, 15) is 10.1 Å². The third-order valence-corrected chi connectivity index (χ3v) is 4.04. The fourth-order valence-corrected chi connectivity index (χ4v) is 2.98. The smallest absolute Gasteiger partial charge is 0.273 e. The zero-order valence-electron chi connectivity index (χ0n) is 11.1. The van der Waals surface area contributed by atoms with E-state index in [1.165, 1.54) is 19.3 Å². The Morgan fingerprint density at radius 3 is 2.95 bits per heavy atom. The minimum atomic E-state index is -0.370. The molecular weight excluding hydrogens is 264 g/mol. The van der Waals surface area contributed by atoms with Gasteiger partial charge >= 0.3 is 0 Å². The molecule has 1 aliphatic rings. The van der Waals surface area contributed by atoms with E-state index in [0.29, 0.717) is 5.56 Å². The maximum Gasteiger partial charge on any atom is 0.273 e. The Bertz CT molecular complexity index is 465. The molecule has 1 unspecified atom stereocenters. The van der Waals surface area contributed by atoms with E-state index < -0.39 is 0 Å². The summed E-state index contributed by atoms with van der Waals surface area (Å²) in [5.74, 6) is 0.927. The van der Waals surface area contributed by atoms with Crippen molar-refractivity contribution >= 4 is 23.0 Å². The molecule has 19 heavy (non-hydrogen) atoms. The quantitative estimate of drug-likeness (QED) is 0.466. The molecule has 0 N–H and O–H groups in total. The van der Waals surface area contributed by atoms with Crippen LogP contribution in [0.2, 0.25) is 0 Å². The molecule has 1 atom stereocenters. The second-order valence-corrected chi connectivity index (χ2v) is 5.36. The van der Waals surface area contributed by atoms with Gasteiger partial charge < -0.3 is 4.90 Å². The van der Waals surface area contributed by atoms with E-state index in [2.05, 4.69) is 11.8 Å². The maximum absolute atomic E-state index is 10.9. The van der Waals surface area contributed by atoms with Crippen molar-refractivity contribution in [3.8, 4) is 0 Å². The van der Waals surface area contributed by atoms with Crippen LogP contribution < -0.4 is 4.90 Å². The summed E-state index contributed by atoms with van der Waals surface area (Å²) in [7, 11) is 0. The molecule has 0 aromatic heterocycles. The number of hydrogen-bond acceptors (Lipinski definition) is 3. The van der Waals surface area contributed by atoms with Gasteiger partial charge in [-0.2, -0.15) is 0 Å². The monoisotopic (exact) mass is 282 g/mol. The highest BCUT2D eigenvalue weighted by atomic mass is 35.5. The van der Waals surface area contributed by atoms with Crippen molar-refractivity contribution in [2.24, 2.45) is 5.92 Å². The SMILES string of the molecule is CCCC1CCN(c2ccc([N+](=O)[O-])c(CCl)c2)C1. The summed E-state index contributed by atoms with van der Waals surface area (Å²) in [6.45, 7) is 4.29. The first kappa shape index (κ1) is 14.1. The van der Waals surface area contributed by atoms with Crippen LogP contribution in [0.4, 0.5) is 11.4 Å². The maximum atomic E-state index is 10.9. The fraction of sp³-hybridized carbons (Fsp3) is 0.571. The lowest BCUT2D eigenvalue weighted by Gasteiger charge is -2.19. The Hall–Kier alpha value is -1.29. The van der Waals surface area contributed by atoms with E-state index in [1.807, 2.05) is 12.1 Å². The van der Waals surface area contributed by atoms with Gasteiger partial charge in [-0.3, -0.25) is 10.1 Å². The lowest BCUT2D eigenvalue weighted by atomic mass is 10.0. The molecule has 4 nitrogen and oxygen atoms in total. The van der Waals surface area contributed by atoms with Crippen molar-refractivity contribution in [3.63, 3.8) is 0 Å². The average Bonchev–Trinajstić information content (AvgIpc) is 2.87. The average molecular weight is 283 g/mol. The minimum Gasteiger partial charge on any atom is -0.371 e. The lowest BCUT2D eigenvalue weighted by molar-refractivity contribution is -0.385. The number of nitro groups is 1. The van der Waals surface area contributed by atoms with Gasteiger partial charge in [-0.15, -0.1) is 11.6 Å². The van der Waals surface area contributed by atoms with Crippen LogP contribution in [0.3, 0.4) is 0 Å². The van der Waals surface area contributed by atoms with Gasteiger partial charge in [0, 0.05) is 30.4 Å². The molecule has 1 aromatic carbocycles. The Morgan fingerprint density at radius 2 is 2.32 bits per heavy atom. The van der Waals surface area contributed by atoms with Crippen LogP contribution >= 0.6 is 11.6 Å². The molecule has 0 saturated carbocycles. The van der Waals surface area contributed by atoms with Gasteiger partial charge in [0.05, 0.1) is 10.8 Å². The van der Waals surface area contributed by atoms with Crippen LogP contribution in [-0.4, -0.2) is 18.0 Å². The van der Waals surface area contributed by atoms with E-state index >= 15 is 0 Å². The first-order chi connectivity index (χ1) is 9.15. The number of anilines is 1. The van der Waals surface area contributed by atoms with Gasteiger partial charge in [-0.1, -0.05) is 13.3 Å². The van der Waals surface area contributed by atoms with Gasteiger partial charge in [-0.05, 0) is 30.9 Å². The van der Waals surface area contributed by atoms with Gasteiger partial charge in [0.25, 0.3) is 5.69 Å². The van der Waals surface area contributed by atoms with Crippen molar-refractivity contribution in [3.05, 3.63) is 33.9 Å². The van der Waals surface area contributed by atoms with Crippen LogP contribution in [0.25, 0.3) is 0 Å². The third kappa shape index (κ3) is 3.18. The van der Waals surface area contributed by atoms with Crippen molar-refractivity contribution in [2.45, 2.75) is 32.1 Å². The van der Waals surface area contributed by atoms with Crippen LogP contribution in [0.15, 0.2) is 18.2 Å². The molecule has 1 aliphatic heterocycles. The van der Waals surface area contributed by atoms with Crippen molar-refractivity contribution in [1.29, 1.82) is 0 Å². The lowest BCUT2D eigenvalue weighted by Crippen LogP contribution is -2.19. The van der Waals surface area contributed by atoms with E-state index in [0.717, 1.165) is 24.7 Å². The zero-order valence-corrected chi connectivity index (χ0v) is 11.9. The highest BCUT2D eigenvalue weighted by Gasteiger charge is 2.23. The molecule has 1 saturated heterocycles. The number of rotatable bonds is 5. The highest BCUT2D eigenvalue weighted by molar-refractivity contribution is 6.17. The fourth-order valence-electron chi connectivity index (χ4n) is 2.76. The van der Waals surface area contributed by atoms with Gasteiger partial charge in [0.1, 0.15) is 0 Å². The Balaban J connectivity index is 2.16. The van der Waals surface area contributed by atoms with E-state index in [1.54, 1.807) is 6.07 Å². The molecule has 0 aliphatic carbocycles. The number of benzene rings is 1. The predicted molar refractivity (Wildman–Crippen MR) is 77.9 cm³/mol. The van der Waals surface area contributed by atoms with E-state index in [-0.39, 0.29) is 16.5 Å². The summed E-state index contributed by atoms with van der Waals surface area (Å²) in [6.07, 6.45) is 3.68. The Kier molecular flexibility index (Phi) is 4.64. The standard InChI is InChI=1S/C14H19ClN2O2/c1-2-3-11-6-7-16(10-11)13-4-5-14(17(18)19)12(8-13)9-15/h4-5,8,11H,2-3,6-7,9-10H2,1H3. The van der Waals surface area contributed by atoms with Gasteiger partial charge in [-0.25, -0.2) is 0 Å². The minimum absolute atomic E-state index is 0.114. The number of nitro benzene ring substituents is 1. The number of nitrogens with zero attached hydrogens (tertiary/aromatic N) is 2. The van der Waals surface area contributed by atoms with Crippen LogP contribution in [-0.2, 0) is 5.88 Å². The predicted octanol–water partition coefficient (Wildman–Crippen LogP) is 3.96. The molecule has 0 spiro atoms. The van der Waals surface area contributed by atoms with Crippen molar-refractivity contribution in [2.75, 3.05) is 18.0 Å². The summed E-state index contributed by atoms with van der Waals surface area (Å²) in [5, 5.41) is 10.9. The Morgan fingerprint density at radius 1 is 1.53 bits per heavy atom. The first-order valence-corrected chi connectivity index (χ1v) is 7.27. The van der Waals surface area contributed by atoms with Gasteiger partial charge in [0.2, 0.25) is 0 Å². The highest BCUT2D eigenvalue weighted by Crippen LogP contribution is 2.30. The first-order valence-electron chi connectivity index (χ1n) is 6.74. The molecule has 1 aromatic rings. The summed E-state index contributed by atoms with van der Waals surface area (Å²) < 4.78 is 0. The van der Waals surface area contributed by atoms with E-state index in [4.69, 9.17) is 11.6 Å². The second kappa shape index (κ2) is 6.24. The van der Waals surface area contributed by atoms with Crippen molar-refractivity contribution in [1.82, 2.24) is 0 Å². The molecule has 104 valence electrons. The molecule has 0 radical (unpaired) electrons. The number of hydrogen-bond donors (Lipinski definition) is 0. The largest absolute Gasteiger partial charge is 0.371 e. The normalized spacial score (nSPS) is 18.8. The molecule has 0 bridgehead atoms. The topological polar surface area (TPSA) is 46.4 Å². The summed E-state index contributed by atoms with van der Waals surface area (Å²) >= 11 is 5.81. The van der Waals surface area contributed by atoms with Crippen LogP contribution in [0.5, 0.6) is 0 Å². The second-order valence-electron chi connectivity index (χ2n) is 5.09. The summed E-state index contributed by atoms with van der Waals surface area (Å²) in [5.41, 5.74) is 1.77. The van der Waals surface area contributed by atoms with Gasteiger partial charge in [0.15, 0.2) is 0 Å². The summed E-state index contributed by atoms with van der Waals surface area (Å²) in [4.78, 5) is 12.8. The number of alkyl halides is 1. The zero-order chi connectivity index (χ0) is 13.8. The molecule has 0 amide bonds. The molecule has 2 rings (SSSR count). The molecular formula is C14H19ClN2O2. The molecule has 1 heterocycles. The molecule has 1 fully saturated rings. The van der Waals surface area contributed by atoms with Crippen LogP contribution in [0, 0.1) is 16.0 Å². The third-order valence-electron chi connectivity index (χ3n) is 3.75. The Labute approximate surface area is 118 Å². The van der Waals surface area contributed by atoms with Crippen molar-refractivity contribution < 1.29 is 4.92 Å². The number of halogens is 1. The summed E-state index contributed by atoms with van der Waals surface area (Å²) in [6, 6.07) is 5.27.